The molecule has 2 aromatic carbocycles. The zero-order valence-electron chi connectivity index (χ0n) is 16.8. The molecule has 0 aliphatic carbocycles. The molecule has 0 unspecified atom stereocenters. The molecule has 0 fully saturated rings. The van der Waals surface area contributed by atoms with E-state index in [0.29, 0.717) is 31.1 Å². The lowest BCUT2D eigenvalue weighted by molar-refractivity contribution is 0.0604. The molecule has 0 aliphatic heterocycles. The van der Waals surface area contributed by atoms with Crippen LogP contribution in [0.1, 0.15) is 11.3 Å². The van der Waals surface area contributed by atoms with Gasteiger partial charge in [-0.05, 0) is 42.0 Å². The van der Waals surface area contributed by atoms with Gasteiger partial charge in [0.2, 0.25) is 0 Å². The minimum absolute atomic E-state index is 0.213. The summed E-state index contributed by atoms with van der Waals surface area (Å²) in [4.78, 5) is 2.11. The van der Waals surface area contributed by atoms with E-state index < -0.39 is 6.10 Å². The van der Waals surface area contributed by atoms with Crippen LogP contribution in [0.2, 0.25) is 0 Å². The van der Waals surface area contributed by atoms with E-state index in [1.54, 1.807) is 20.5 Å². The summed E-state index contributed by atoms with van der Waals surface area (Å²) in [5.74, 6) is 2.94. The Kier molecular flexibility index (Phi) is 7.55. The average molecular weight is 397 g/mol. The van der Waals surface area contributed by atoms with Gasteiger partial charge in [-0.1, -0.05) is 24.3 Å². The normalized spacial score (nSPS) is 12.0. The van der Waals surface area contributed by atoms with E-state index in [1.807, 2.05) is 60.7 Å². The van der Waals surface area contributed by atoms with E-state index in [9.17, 15) is 5.11 Å². The SMILES string of the molecule is COc1ccc(CN(Cc2ccco2)C[C@@H](O)COc2ccccc2)cc1OC. The van der Waals surface area contributed by atoms with Crippen molar-refractivity contribution in [3.63, 3.8) is 0 Å². The summed E-state index contributed by atoms with van der Waals surface area (Å²) in [7, 11) is 3.23. The maximum atomic E-state index is 10.5. The largest absolute Gasteiger partial charge is 0.493 e. The summed E-state index contributed by atoms with van der Waals surface area (Å²) in [6.07, 6.45) is 1.00. The molecule has 3 aromatic rings. The highest BCUT2D eigenvalue weighted by atomic mass is 16.5. The number of furan rings is 1. The van der Waals surface area contributed by atoms with Gasteiger partial charge in [0.25, 0.3) is 0 Å². The first-order chi connectivity index (χ1) is 14.2. The van der Waals surface area contributed by atoms with Crippen molar-refractivity contribution in [3.8, 4) is 17.2 Å². The zero-order valence-corrected chi connectivity index (χ0v) is 16.8. The number of para-hydroxylation sites is 1. The van der Waals surface area contributed by atoms with Gasteiger partial charge < -0.3 is 23.7 Å². The number of nitrogens with zero attached hydrogens (tertiary/aromatic N) is 1. The molecule has 1 N–H and O–H groups in total. The lowest BCUT2D eigenvalue weighted by Crippen LogP contribution is -2.35. The fourth-order valence-electron chi connectivity index (χ4n) is 3.11. The fraction of sp³-hybridized carbons (Fsp3) is 0.304. The number of ether oxygens (including phenoxy) is 3. The second-order valence-corrected chi connectivity index (χ2v) is 6.72. The molecule has 154 valence electrons. The minimum atomic E-state index is -0.648. The van der Waals surface area contributed by atoms with Crippen LogP contribution in [0.5, 0.6) is 17.2 Å². The van der Waals surface area contributed by atoms with Crippen molar-refractivity contribution in [2.24, 2.45) is 0 Å². The quantitative estimate of drug-likeness (QED) is 0.532. The molecule has 1 atom stereocenters. The van der Waals surface area contributed by atoms with Crippen molar-refractivity contribution >= 4 is 0 Å². The molecular formula is C23H27NO5. The highest BCUT2D eigenvalue weighted by Gasteiger charge is 2.16. The van der Waals surface area contributed by atoms with E-state index in [0.717, 1.165) is 17.1 Å². The Morgan fingerprint density at radius 2 is 1.72 bits per heavy atom. The molecule has 0 radical (unpaired) electrons. The molecule has 6 nitrogen and oxygen atoms in total. The number of benzene rings is 2. The van der Waals surface area contributed by atoms with Gasteiger partial charge in [0.05, 0.1) is 27.0 Å². The first-order valence-electron chi connectivity index (χ1n) is 9.49. The van der Waals surface area contributed by atoms with Gasteiger partial charge in [0.15, 0.2) is 11.5 Å². The minimum Gasteiger partial charge on any atom is -0.493 e. The van der Waals surface area contributed by atoms with Gasteiger partial charge in [-0.15, -0.1) is 0 Å². The van der Waals surface area contributed by atoms with Crippen molar-refractivity contribution in [3.05, 3.63) is 78.3 Å². The van der Waals surface area contributed by atoms with E-state index in [4.69, 9.17) is 18.6 Å². The Morgan fingerprint density at radius 1 is 0.931 bits per heavy atom. The van der Waals surface area contributed by atoms with Crippen LogP contribution in [0.15, 0.2) is 71.3 Å². The standard InChI is InChI=1S/C23H27NO5/c1-26-22-11-10-18(13-23(22)27-2)14-24(16-21-9-6-12-28-21)15-19(25)17-29-20-7-4-3-5-8-20/h3-13,19,25H,14-17H2,1-2H3/t19-/m1/s1. The van der Waals surface area contributed by atoms with E-state index in [1.165, 1.54) is 0 Å². The first-order valence-corrected chi connectivity index (χ1v) is 9.49. The van der Waals surface area contributed by atoms with E-state index >= 15 is 0 Å². The molecular weight excluding hydrogens is 370 g/mol. The lowest BCUT2D eigenvalue weighted by atomic mass is 10.1. The molecule has 0 spiro atoms. The van der Waals surface area contributed by atoms with Crippen LogP contribution in [0.3, 0.4) is 0 Å². The van der Waals surface area contributed by atoms with Crippen LogP contribution in [-0.2, 0) is 13.1 Å². The van der Waals surface area contributed by atoms with Gasteiger partial charge in [-0.2, -0.15) is 0 Å². The van der Waals surface area contributed by atoms with Gasteiger partial charge in [-0.3, -0.25) is 4.90 Å². The first kappa shape index (κ1) is 20.8. The van der Waals surface area contributed by atoms with E-state index in [-0.39, 0.29) is 6.61 Å². The average Bonchev–Trinajstić information content (AvgIpc) is 3.26. The maximum absolute atomic E-state index is 10.5. The monoisotopic (exact) mass is 397 g/mol. The number of hydrogen-bond donors (Lipinski definition) is 1. The molecule has 1 heterocycles. The van der Waals surface area contributed by atoms with Crippen LogP contribution < -0.4 is 14.2 Å². The second-order valence-electron chi connectivity index (χ2n) is 6.72. The highest BCUT2D eigenvalue weighted by molar-refractivity contribution is 5.42. The van der Waals surface area contributed by atoms with Crippen molar-refractivity contribution < 1.29 is 23.7 Å². The summed E-state index contributed by atoms with van der Waals surface area (Å²) < 4.78 is 21.9. The Morgan fingerprint density at radius 3 is 2.41 bits per heavy atom. The van der Waals surface area contributed by atoms with Crippen LogP contribution in [-0.4, -0.2) is 43.5 Å². The van der Waals surface area contributed by atoms with Gasteiger partial charge >= 0.3 is 0 Å². The van der Waals surface area contributed by atoms with Crippen molar-refractivity contribution in [1.29, 1.82) is 0 Å². The Bertz CT molecular complexity index is 851. The molecule has 0 bridgehead atoms. The molecule has 0 amide bonds. The predicted octanol–water partition coefficient (Wildman–Crippen LogP) is 3.74. The maximum Gasteiger partial charge on any atom is 0.161 e. The molecule has 6 heteroatoms. The van der Waals surface area contributed by atoms with Crippen LogP contribution >= 0.6 is 0 Å². The molecule has 29 heavy (non-hydrogen) atoms. The number of methoxy groups -OCH3 is 2. The van der Waals surface area contributed by atoms with Gasteiger partial charge in [0.1, 0.15) is 24.2 Å². The number of hydrogen-bond acceptors (Lipinski definition) is 6. The van der Waals surface area contributed by atoms with E-state index in [2.05, 4.69) is 4.90 Å². The number of aliphatic hydroxyl groups excluding tert-OH is 1. The number of rotatable bonds is 11. The van der Waals surface area contributed by atoms with Crippen LogP contribution in [0, 0.1) is 0 Å². The molecule has 0 saturated heterocycles. The Labute approximate surface area is 171 Å². The molecule has 0 aliphatic rings. The van der Waals surface area contributed by atoms with Crippen molar-refractivity contribution in [2.75, 3.05) is 27.4 Å². The third-order valence-electron chi connectivity index (χ3n) is 4.47. The zero-order chi connectivity index (χ0) is 20.5. The summed E-state index contributed by atoms with van der Waals surface area (Å²) in [5.41, 5.74) is 1.05. The summed E-state index contributed by atoms with van der Waals surface area (Å²) >= 11 is 0. The molecule has 3 rings (SSSR count). The van der Waals surface area contributed by atoms with Crippen LogP contribution in [0.25, 0.3) is 0 Å². The smallest absolute Gasteiger partial charge is 0.161 e. The third kappa shape index (κ3) is 6.27. The van der Waals surface area contributed by atoms with Gasteiger partial charge in [-0.25, -0.2) is 0 Å². The Balaban J connectivity index is 1.65. The fourth-order valence-corrected chi connectivity index (χ4v) is 3.11. The topological polar surface area (TPSA) is 64.3 Å². The van der Waals surface area contributed by atoms with Crippen LogP contribution in [0.4, 0.5) is 0 Å². The summed E-state index contributed by atoms with van der Waals surface area (Å²) in [5, 5.41) is 10.5. The Hall–Kier alpha value is -2.96. The lowest BCUT2D eigenvalue weighted by Gasteiger charge is -2.25. The van der Waals surface area contributed by atoms with Crippen molar-refractivity contribution in [2.45, 2.75) is 19.2 Å². The van der Waals surface area contributed by atoms with Gasteiger partial charge in [0, 0.05) is 13.1 Å². The second kappa shape index (κ2) is 10.5. The molecule has 0 saturated carbocycles. The third-order valence-corrected chi connectivity index (χ3v) is 4.47. The molecule has 1 aromatic heterocycles. The predicted molar refractivity (Wildman–Crippen MR) is 110 cm³/mol. The summed E-state index contributed by atoms with van der Waals surface area (Å²) in [6, 6.07) is 19.1. The highest BCUT2D eigenvalue weighted by Crippen LogP contribution is 2.28. The van der Waals surface area contributed by atoms with Crippen molar-refractivity contribution in [1.82, 2.24) is 4.90 Å². The number of aliphatic hydroxyl groups is 1. The summed E-state index contributed by atoms with van der Waals surface area (Å²) in [6.45, 7) is 1.83.